The summed E-state index contributed by atoms with van der Waals surface area (Å²) in [5, 5.41) is 9.65. The summed E-state index contributed by atoms with van der Waals surface area (Å²) in [6.45, 7) is 12.8. The first-order valence-corrected chi connectivity index (χ1v) is 11.1. The third kappa shape index (κ3) is 7.90. The highest BCUT2D eigenvalue weighted by atomic mass is 16.6. The second kappa shape index (κ2) is 11.7. The summed E-state index contributed by atoms with van der Waals surface area (Å²) in [6, 6.07) is 10.4. The van der Waals surface area contributed by atoms with Crippen molar-refractivity contribution in [3.63, 3.8) is 0 Å². The number of esters is 1. The van der Waals surface area contributed by atoms with Crippen LogP contribution in [0.25, 0.3) is 0 Å². The Morgan fingerprint density at radius 3 is 2.10 bits per heavy atom. The van der Waals surface area contributed by atoms with Gasteiger partial charge in [-0.1, -0.05) is 38.1 Å². The Morgan fingerprint density at radius 1 is 1.10 bits per heavy atom. The van der Waals surface area contributed by atoms with Crippen molar-refractivity contribution >= 4 is 12.1 Å². The molecule has 0 aliphatic carbocycles. The number of ether oxygens (including phenoxy) is 2. The van der Waals surface area contributed by atoms with Gasteiger partial charge in [-0.05, 0) is 64.0 Å². The zero-order valence-corrected chi connectivity index (χ0v) is 20.2. The lowest BCUT2D eigenvalue weighted by Gasteiger charge is -2.33. The number of nitrogens with zero attached hydrogens (tertiary/aromatic N) is 2. The van der Waals surface area contributed by atoms with Crippen molar-refractivity contribution in [1.29, 1.82) is 5.26 Å². The smallest absolute Gasteiger partial charge is 0.410 e. The molecule has 0 radical (unpaired) electrons. The quantitative estimate of drug-likeness (QED) is 0.571. The van der Waals surface area contributed by atoms with E-state index in [0.717, 1.165) is 18.4 Å². The van der Waals surface area contributed by atoms with Gasteiger partial charge in [-0.25, -0.2) is 4.79 Å². The highest BCUT2D eigenvalue weighted by Gasteiger charge is 2.29. The van der Waals surface area contributed by atoms with E-state index in [-0.39, 0.29) is 18.5 Å². The molecule has 1 unspecified atom stereocenters. The Kier molecular flexibility index (Phi) is 10.0. The van der Waals surface area contributed by atoms with Crippen LogP contribution in [0.5, 0.6) is 0 Å². The first kappa shape index (κ1) is 26.5. The van der Waals surface area contributed by atoms with Gasteiger partial charge < -0.3 is 14.4 Å². The summed E-state index contributed by atoms with van der Waals surface area (Å²) in [7, 11) is 1.36. The van der Waals surface area contributed by atoms with Crippen LogP contribution >= 0.6 is 0 Å². The molecule has 0 spiro atoms. The number of methoxy groups -OCH3 is 1. The molecular weight excluding hydrogens is 392 g/mol. The van der Waals surface area contributed by atoms with Crippen molar-refractivity contribution in [2.24, 2.45) is 0 Å². The van der Waals surface area contributed by atoms with Crippen LogP contribution in [0.1, 0.15) is 84.3 Å². The number of benzene rings is 1. The van der Waals surface area contributed by atoms with Crippen LogP contribution in [-0.4, -0.2) is 42.8 Å². The lowest BCUT2D eigenvalue weighted by Crippen LogP contribution is -2.41. The fourth-order valence-corrected chi connectivity index (χ4v) is 3.56. The molecule has 0 aromatic heterocycles. The van der Waals surface area contributed by atoms with E-state index >= 15 is 0 Å². The summed E-state index contributed by atoms with van der Waals surface area (Å²) in [5.74, 6) is 0.0750. The van der Waals surface area contributed by atoms with Crippen molar-refractivity contribution in [3.05, 3.63) is 35.4 Å². The molecule has 6 heteroatoms. The normalized spacial score (nSPS) is 16.3. The number of hydrogen-bond acceptors (Lipinski definition) is 5. The Hall–Kier alpha value is -2.55. The van der Waals surface area contributed by atoms with Gasteiger partial charge in [-0.3, -0.25) is 4.79 Å². The van der Waals surface area contributed by atoms with E-state index in [1.165, 1.54) is 12.7 Å². The molecule has 1 fully saturated rings. The van der Waals surface area contributed by atoms with Gasteiger partial charge in [0, 0.05) is 19.5 Å². The van der Waals surface area contributed by atoms with Crippen molar-refractivity contribution in [2.45, 2.75) is 84.2 Å². The fraction of sp³-hybridized carbons (Fsp3) is 0.640. The molecule has 1 amide bonds. The highest BCUT2D eigenvalue weighted by Crippen LogP contribution is 2.33. The minimum Gasteiger partial charge on any atom is -0.469 e. The molecule has 172 valence electrons. The zero-order valence-electron chi connectivity index (χ0n) is 20.2. The van der Waals surface area contributed by atoms with Crippen molar-refractivity contribution < 1.29 is 19.1 Å². The third-order valence-electron chi connectivity index (χ3n) is 5.47. The molecule has 1 aliphatic rings. The van der Waals surface area contributed by atoms with Crippen LogP contribution in [0.2, 0.25) is 0 Å². The maximum atomic E-state index is 12.2. The predicted octanol–water partition coefficient (Wildman–Crippen LogP) is 5.56. The summed E-state index contributed by atoms with van der Waals surface area (Å²) in [5.41, 5.74) is 0.905. The first-order chi connectivity index (χ1) is 14.6. The Bertz CT molecular complexity index is 753. The second-order valence-corrected chi connectivity index (χ2v) is 8.88. The van der Waals surface area contributed by atoms with Crippen LogP contribution in [0.3, 0.4) is 0 Å². The van der Waals surface area contributed by atoms with E-state index < -0.39 is 11.0 Å². The molecule has 1 heterocycles. The number of carbonyl (C=O) groups is 2. The molecule has 6 nitrogen and oxygen atoms in total. The third-order valence-corrected chi connectivity index (χ3v) is 5.47. The van der Waals surface area contributed by atoms with Gasteiger partial charge in [0.25, 0.3) is 0 Å². The molecule has 1 aromatic carbocycles. The average Bonchev–Trinajstić information content (AvgIpc) is 2.77. The summed E-state index contributed by atoms with van der Waals surface area (Å²) < 4.78 is 10.1. The van der Waals surface area contributed by atoms with E-state index in [1.54, 1.807) is 4.90 Å². The Balaban J connectivity index is 0.00000233. The van der Waals surface area contributed by atoms with Crippen LogP contribution in [0, 0.1) is 11.3 Å². The Labute approximate surface area is 187 Å². The largest absolute Gasteiger partial charge is 0.469 e. The lowest BCUT2D eigenvalue weighted by molar-refractivity contribution is -0.140. The van der Waals surface area contributed by atoms with Gasteiger partial charge in [0.15, 0.2) is 0 Å². The van der Waals surface area contributed by atoms with Crippen LogP contribution in [0.15, 0.2) is 24.3 Å². The van der Waals surface area contributed by atoms with Gasteiger partial charge in [-0.15, -0.1) is 0 Å². The Morgan fingerprint density at radius 2 is 1.65 bits per heavy atom. The van der Waals surface area contributed by atoms with Gasteiger partial charge >= 0.3 is 12.1 Å². The number of hydrogen-bond donors (Lipinski definition) is 0. The lowest BCUT2D eigenvalue weighted by atomic mass is 9.78. The zero-order chi connectivity index (χ0) is 23.7. The molecule has 1 aromatic rings. The fourth-order valence-electron chi connectivity index (χ4n) is 3.56. The molecule has 0 N–H and O–H groups in total. The van der Waals surface area contributed by atoms with Gasteiger partial charge in [0.05, 0.1) is 18.6 Å². The maximum Gasteiger partial charge on any atom is 0.410 e. The minimum absolute atomic E-state index is 0.214. The summed E-state index contributed by atoms with van der Waals surface area (Å²) in [4.78, 5) is 25.4. The van der Waals surface area contributed by atoms with E-state index in [9.17, 15) is 14.9 Å². The van der Waals surface area contributed by atoms with Crippen molar-refractivity contribution in [1.82, 2.24) is 4.90 Å². The molecule has 1 aliphatic heterocycles. The molecule has 0 saturated carbocycles. The van der Waals surface area contributed by atoms with Gasteiger partial charge in [0.2, 0.25) is 0 Å². The van der Waals surface area contributed by atoms with Crippen molar-refractivity contribution in [2.75, 3.05) is 20.2 Å². The molecule has 0 bridgehead atoms. The molecule has 1 saturated heterocycles. The minimum atomic E-state index is -0.729. The van der Waals surface area contributed by atoms with Crippen LogP contribution in [-0.2, 0) is 19.7 Å². The van der Waals surface area contributed by atoms with Crippen molar-refractivity contribution in [3.8, 4) is 6.07 Å². The van der Waals surface area contributed by atoms with Crippen LogP contribution < -0.4 is 0 Å². The first-order valence-electron chi connectivity index (χ1n) is 11.1. The number of carbonyl (C=O) groups excluding carboxylic acids is 2. The van der Waals surface area contributed by atoms with E-state index in [0.29, 0.717) is 25.4 Å². The number of likely N-dealkylation sites (tertiary alicyclic amines) is 1. The predicted molar refractivity (Wildman–Crippen MR) is 122 cm³/mol. The van der Waals surface area contributed by atoms with Gasteiger partial charge in [-0.2, -0.15) is 5.26 Å². The number of nitriles is 1. The molecule has 31 heavy (non-hydrogen) atoms. The summed E-state index contributed by atoms with van der Waals surface area (Å²) >= 11 is 0. The second-order valence-electron chi connectivity index (χ2n) is 8.88. The topological polar surface area (TPSA) is 79.6 Å². The number of rotatable bonds is 5. The van der Waals surface area contributed by atoms with E-state index in [4.69, 9.17) is 9.47 Å². The number of amides is 1. The van der Waals surface area contributed by atoms with E-state index in [2.05, 4.69) is 18.2 Å². The van der Waals surface area contributed by atoms with Crippen LogP contribution in [0.4, 0.5) is 4.79 Å². The van der Waals surface area contributed by atoms with Gasteiger partial charge in [0.1, 0.15) is 5.60 Å². The molecule has 2 rings (SSSR count). The molecular formula is C25H38N2O4. The summed E-state index contributed by atoms with van der Waals surface area (Å²) in [6.07, 6.45) is 2.16. The SMILES string of the molecule is CC.COC(=O)CCC(C)(C#N)c1ccc(C2CCN(C(=O)OC(C)(C)C)CC2)cc1. The monoisotopic (exact) mass is 430 g/mol. The standard InChI is InChI=1S/C23H32N2O4.C2H6/c1-22(2,3)29-21(27)25-14-11-18(12-15-25)17-6-8-19(9-7-17)23(4,16-24)13-10-20(26)28-5;1-2/h6-9,18H,10-15H2,1-5H3;1-2H3. The number of piperidine rings is 1. The van der Waals surface area contributed by atoms with E-state index in [1.807, 2.05) is 53.7 Å². The maximum absolute atomic E-state index is 12.2. The molecule has 1 atom stereocenters. The average molecular weight is 431 g/mol. The highest BCUT2D eigenvalue weighted by molar-refractivity contribution is 5.69.